The number of carbonyl (C=O) groups excluding carboxylic acids is 1. The van der Waals surface area contributed by atoms with E-state index in [0.717, 1.165) is 15.7 Å². The highest BCUT2D eigenvalue weighted by Crippen LogP contribution is 2.26. The van der Waals surface area contributed by atoms with Crippen molar-refractivity contribution in [1.82, 2.24) is 16.5 Å². The fourth-order valence-electron chi connectivity index (χ4n) is 1.25. The minimum absolute atomic E-state index is 0.230. The number of hydrazine groups is 3. The Morgan fingerprint density at radius 2 is 2.21 bits per heavy atom. The van der Waals surface area contributed by atoms with Gasteiger partial charge in [-0.15, -0.1) is 11.1 Å². The number of nitrogens with zero attached hydrogens (tertiary/aromatic N) is 1. The molecule has 74 valence electrons. The Balaban J connectivity index is 2.41. The van der Waals surface area contributed by atoms with Crippen LogP contribution in [0.2, 0.25) is 0 Å². The number of hydrogen-bond acceptors (Lipinski definition) is 3. The molecule has 1 aromatic rings. The second kappa shape index (κ2) is 3.56. The summed E-state index contributed by atoms with van der Waals surface area (Å²) >= 11 is 3.41. The van der Waals surface area contributed by atoms with E-state index in [1.165, 1.54) is 5.01 Å². The summed E-state index contributed by atoms with van der Waals surface area (Å²) in [5.74, 6) is 0. The van der Waals surface area contributed by atoms with E-state index in [1.807, 2.05) is 25.1 Å². The van der Waals surface area contributed by atoms with Crippen LogP contribution in [0.4, 0.5) is 10.5 Å². The van der Waals surface area contributed by atoms with Crippen molar-refractivity contribution in [2.24, 2.45) is 0 Å². The number of nitrogens with one attached hydrogen (secondary N) is 3. The molecule has 6 heteroatoms. The van der Waals surface area contributed by atoms with Crippen molar-refractivity contribution in [3.05, 3.63) is 28.2 Å². The first kappa shape index (κ1) is 9.45. The molecular formula is C8H9BrN4O. The number of hydrogen-bond donors (Lipinski definition) is 3. The van der Waals surface area contributed by atoms with Crippen molar-refractivity contribution in [2.75, 3.05) is 5.01 Å². The van der Waals surface area contributed by atoms with Gasteiger partial charge in [0.25, 0.3) is 0 Å². The number of rotatable bonds is 1. The largest absolute Gasteiger partial charge is 0.353 e. The molecular weight excluding hydrogens is 248 g/mol. The van der Waals surface area contributed by atoms with Gasteiger partial charge < -0.3 is 0 Å². The topological polar surface area (TPSA) is 56.4 Å². The molecule has 0 aliphatic carbocycles. The average Bonchev–Trinajstić information content (AvgIpc) is 2.57. The number of anilines is 1. The van der Waals surface area contributed by atoms with Gasteiger partial charge in [-0.25, -0.2) is 9.80 Å². The molecule has 1 heterocycles. The fraction of sp³-hybridized carbons (Fsp3) is 0.125. The molecule has 0 bridgehead atoms. The second-order valence-electron chi connectivity index (χ2n) is 2.89. The highest BCUT2D eigenvalue weighted by Gasteiger charge is 2.22. The minimum Gasteiger partial charge on any atom is -0.257 e. The third-order valence-electron chi connectivity index (χ3n) is 2.02. The Bertz CT molecular complexity index is 382. The molecule has 1 fully saturated rings. The lowest BCUT2D eigenvalue weighted by Crippen LogP contribution is -2.38. The van der Waals surface area contributed by atoms with E-state index in [1.54, 1.807) is 0 Å². The van der Waals surface area contributed by atoms with Crippen LogP contribution in [0.1, 0.15) is 5.56 Å². The van der Waals surface area contributed by atoms with E-state index in [9.17, 15) is 4.79 Å². The molecule has 0 saturated carbocycles. The number of halogens is 1. The van der Waals surface area contributed by atoms with Crippen LogP contribution < -0.4 is 21.5 Å². The van der Waals surface area contributed by atoms with Crippen molar-refractivity contribution in [2.45, 2.75) is 6.92 Å². The van der Waals surface area contributed by atoms with Crippen LogP contribution in [0.25, 0.3) is 0 Å². The molecule has 1 saturated heterocycles. The number of amides is 2. The van der Waals surface area contributed by atoms with Crippen molar-refractivity contribution in [1.29, 1.82) is 0 Å². The lowest BCUT2D eigenvalue weighted by atomic mass is 10.2. The standard InChI is InChI=1S/C8H9BrN4O/c1-5-6(9)3-2-4-7(5)13-8(14)10-11-12-13/h2-4,11-12H,1H3,(H,10,14). The lowest BCUT2D eigenvalue weighted by molar-refractivity contribution is 0.250. The van der Waals surface area contributed by atoms with Gasteiger partial charge in [0.05, 0.1) is 5.69 Å². The molecule has 0 atom stereocenters. The summed E-state index contributed by atoms with van der Waals surface area (Å²) in [6.07, 6.45) is 0. The first-order chi connectivity index (χ1) is 6.70. The van der Waals surface area contributed by atoms with E-state index in [-0.39, 0.29) is 6.03 Å². The van der Waals surface area contributed by atoms with Crippen molar-refractivity contribution in [3.63, 3.8) is 0 Å². The maximum Gasteiger partial charge on any atom is 0.353 e. The Labute approximate surface area is 89.5 Å². The van der Waals surface area contributed by atoms with Gasteiger partial charge in [-0.1, -0.05) is 22.0 Å². The average molecular weight is 257 g/mol. The summed E-state index contributed by atoms with van der Waals surface area (Å²) in [5.41, 5.74) is 9.45. The Morgan fingerprint density at radius 1 is 1.43 bits per heavy atom. The zero-order valence-electron chi connectivity index (χ0n) is 7.47. The molecule has 2 rings (SSSR count). The summed E-state index contributed by atoms with van der Waals surface area (Å²) in [7, 11) is 0. The van der Waals surface area contributed by atoms with E-state index in [0.29, 0.717) is 0 Å². The summed E-state index contributed by atoms with van der Waals surface area (Å²) < 4.78 is 0.969. The van der Waals surface area contributed by atoms with Gasteiger partial charge in [0.1, 0.15) is 0 Å². The Morgan fingerprint density at radius 3 is 2.86 bits per heavy atom. The van der Waals surface area contributed by atoms with Gasteiger partial charge in [0.2, 0.25) is 0 Å². The Hall–Kier alpha value is -1.11. The van der Waals surface area contributed by atoms with E-state index in [2.05, 4.69) is 32.4 Å². The van der Waals surface area contributed by atoms with Crippen LogP contribution in [0.15, 0.2) is 22.7 Å². The summed E-state index contributed by atoms with van der Waals surface area (Å²) in [6, 6.07) is 5.44. The van der Waals surface area contributed by atoms with E-state index in [4.69, 9.17) is 0 Å². The summed E-state index contributed by atoms with van der Waals surface area (Å²) in [5, 5.41) is 1.40. The maximum atomic E-state index is 11.3. The first-order valence-corrected chi connectivity index (χ1v) is 4.85. The Kier molecular flexibility index (Phi) is 2.40. The van der Waals surface area contributed by atoms with Crippen LogP contribution in [-0.2, 0) is 0 Å². The predicted octanol–water partition coefficient (Wildman–Crippen LogP) is 1.21. The zero-order chi connectivity index (χ0) is 10.1. The minimum atomic E-state index is -0.230. The highest BCUT2D eigenvalue weighted by atomic mass is 79.9. The van der Waals surface area contributed by atoms with Gasteiger partial charge in [-0.05, 0) is 24.6 Å². The molecule has 0 unspecified atom stereocenters. The fourth-order valence-corrected chi connectivity index (χ4v) is 1.61. The van der Waals surface area contributed by atoms with Gasteiger partial charge in [0, 0.05) is 4.47 Å². The van der Waals surface area contributed by atoms with Crippen LogP contribution in [0, 0.1) is 6.92 Å². The molecule has 2 amide bonds. The van der Waals surface area contributed by atoms with Crippen LogP contribution in [0.3, 0.4) is 0 Å². The van der Waals surface area contributed by atoms with Gasteiger partial charge in [-0.2, -0.15) is 0 Å². The zero-order valence-corrected chi connectivity index (χ0v) is 9.05. The smallest absolute Gasteiger partial charge is 0.257 e. The van der Waals surface area contributed by atoms with Gasteiger partial charge in [0.15, 0.2) is 0 Å². The number of urea groups is 1. The molecule has 5 nitrogen and oxygen atoms in total. The molecule has 1 aliphatic rings. The predicted molar refractivity (Wildman–Crippen MR) is 56.2 cm³/mol. The molecule has 0 radical (unpaired) electrons. The molecule has 14 heavy (non-hydrogen) atoms. The van der Waals surface area contributed by atoms with Crippen molar-refractivity contribution < 1.29 is 4.79 Å². The van der Waals surface area contributed by atoms with Crippen LogP contribution in [0.5, 0.6) is 0 Å². The normalized spacial score (nSPS) is 15.9. The number of benzene rings is 1. The third kappa shape index (κ3) is 1.47. The summed E-state index contributed by atoms with van der Waals surface area (Å²) in [4.78, 5) is 11.3. The van der Waals surface area contributed by atoms with E-state index >= 15 is 0 Å². The van der Waals surface area contributed by atoms with Gasteiger partial charge in [-0.3, -0.25) is 5.43 Å². The van der Waals surface area contributed by atoms with Crippen LogP contribution in [-0.4, -0.2) is 6.03 Å². The van der Waals surface area contributed by atoms with E-state index < -0.39 is 0 Å². The maximum absolute atomic E-state index is 11.3. The number of carbonyl (C=O) groups is 1. The third-order valence-corrected chi connectivity index (χ3v) is 2.88. The van der Waals surface area contributed by atoms with Gasteiger partial charge >= 0.3 is 6.03 Å². The van der Waals surface area contributed by atoms with Crippen LogP contribution >= 0.6 is 15.9 Å². The molecule has 0 aromatic heterocycles. The quantitative estimate of drug-likeness (QED) is 0.708. The molecule has 0 spiro atoms. The second-order valence-corrected chi connectivity index (χ2v) is 3.74. The molecule has 1 aliphatic heterocycles. The molecule has 3 N–H and O–H groups in total. The summed E-state index contributed by atoms with van der Waals surface area (Å²) in [6.45, 7) is 1.94. The monoisotopic (exact) mass is 256 g/mol. The molecule has 1 aromatic carbocycles. The van der Waals surface area contributed by atoms with Crippen molar-refractivity contribution in [3.8, 4) is 0 Å². The highest BCUT2D eigenvalue weighted by molar-refractivity contribution is 9.10. The van der Waals surface area contributed by atoms with Crippen molar-refractivity contribution >= 4 is 27.6 Å². The first-order valence-electron chi connectivity index (χ1n) is 4.06. The lowest BCUT2D eigenvalue weighted by Gasteiger charge is -2.16. The SMILES string of the molecule is Cc1c(Br)cccc1N1NNNC1=O.